The summed E-state index contributed by atoms with van der Waals surface area (Å²) >= 11 is 0. The van der Waals surface area contributed by atoms with Crippen molar-refractivity contribution in [2.75, 3.05) is 21.3 Å². The molecule has 3 amide bonds. The van der Waals surface area contributed by atoms with Gasteiger partial charge in [-0.05, 0) is 37.8 Å². The third kappa shape index (κ3) is 5.43. The molecule has 0 saturated carbocycles. The van der Waals surface area contributed by atoms with Gasteiger partial charge in [-0.3, -0.25) is 19.2 Å². The van der Waals surface area contributed by atoms with E-state index in [0.29, 0.717) is 36.5 Å². The van der Waals surface area contributed by atoms with Crippen molar-refractivity contribution in [3.05, 3.63) is 17.7 Å². The average molecular weight is 520 g/mol. The maximum Gasteiger partial charge on any atom is 0.310 e. The average Bonchev–Trinajstić information content (AvgIpc) is 3.44. The lowest BCUT2D eigenvalue weighted by Crippen LogP contribution is -2.57. The molecule has 3 heterocycles. The third-order valence-electron chi connectivity index (χ3n) is 7.18. The van der Waals surface area contributed by atoms with E-state index in [4.69, 9.17) is 18.9 Å². The Kier molecular flexibility index (Phi) is 8.06. The first kappa shape index (κ1) is 26.5. The van der Waals surface area contributed by atoms with Gasteiger partial charge in [-0.25, -0.2) is 0 Å². The fraction of sp³-hybridized carbons (Fsp3) is 0.600. The van der Waals surface area contributed by atoms with Crippen LogP contribution in [0, 0.1) is 0 Å². The molecule has 202 valence electrons. The molecule has 3 fully saturated rings. The molecular weight excluding hydrogens is 486 g/mol. The number of carbonyl (C=O) groups excluding carboxylic acids is 4. The predicted molar refractivity (Wildman–Crippen MR) is 128 cm³/mol. The highest BCUT2D eigenvalue weighted by Gasteiger charge is 2.45. The number of esters is 1. The van der Waals surface area contributed by atoms with E-state index in [1.807, 2.05) is 0 Å². The van der Waals surface area contributed by atoms with Crippen molar-refractivity contribution in [2.24, 2.45) is 0 Å². The number of aliphatic hydroxyl groups is 1. The number of nitrogens with zero attached hydrogens (tertiary/aromatic N) is 1. The van der Waals surface area contributed by atoms with Gasteiger partial charge in [-0.15, -0.1) is 0 Å². The van der Waals surface area contributed by atoms with Crippen molar-refractivity contribution < 1.29 is 43.2 Å². The van der Waals surface area contributed by atoms with Gasteiger partial charge in [0.1, 0.15) is 18.1 Å². The first-order valence-corrected chi connectivity index (χ1v) is 12.4. The monoisotopic (exact) mass is 519 g/mol. The van der Waals surface area contributed by atoms with E-state index in [9.17, 15) is 24.3 Å². The highest BCUT2D eigenvalue weighted by molar-refractivity contribution is 5.99. The number of aliphatic hydroxyl groups excluding tert-OH is 1. The molecule has 0 aromatic heterocycles. The normalized spacial score (nSPS) is 27.5. The van der Waals surface area contributed by atoms with E-state index < -0.39 is 42.2 Å². The number of rotatable bonds is 7. The summed E-state index contributed by atoms with van der Waals surface area (Å²) in [5.41, 5.74) is 0.233. The number of cyclic esters (lactones) is 1. The lowest BCUT2D eigenvalue weighted by Gasteiger charge is -2.35. The molecule has 5 atom stereocenters. The van der Waals surface area contributed by atoms with Crippen molar-refractivity contribution in [3.63, 3.8) is 0 Å². The minimum absolute atomic E-state index is 0.129. The Bertz CT molecular complexity index is 1040. The fourth-order valence-electron chi connectivity index (χ4n) is 5.32. The molecule has 0 bridgehead atoms. The maximum absolute atomic E-state index is 13.7. The standard InChI is InChI=1S/C25H33N3O9/c1-34-18-10-13(11-19(35-2)21(18)36-3)22(30)26-15-7-5-4-6-14-8-9-17(28(14)24(15)32)23(31)27-16-12-20(29)37-25(16)33/h10-11,14-17,25,33H,4-9,12H2,1-3H3,(H,26,30)(H,27,31)/t14-,15-,16?,17-,25?/m0/s1. The molecule has 3 N–H and O–H groups in total. The van der Waals surface area contributed by atoms with E-state index in [2.05, 4.69) is 10.6 Å². The largest absolute Gasteiger partial charge is 0.493 e. The Labute approximate surface area is 214 Å². The number of nitrogens with one attached hydrogen (secondary N) is 2. The highest BCUT2D eigenvalue weighted by atomic mass is 16.6. The van der Waals surface area contributed by atoms with Crippen LogP contribution >= 0.6 is 0 Å². The van der Waals surface area contributed by atoms with Crippen LogP contribution in [-0.4, -0.2) is 85.5 Å². The number of benzene rings is 1. The lowest BCUT2D eigenvalue weighted by molar-refractivity contribution is -0.155. The molecular formula is C25H33N3O9. The van der Waals surface area contributed by atoms with E-state index in [0.717, 1.165) is 19.3 Å². The number of carbonyl (C=O) groups is 4. The summed E-state index contributed by atoms with van der Waals surface area (Å²) in [4.78, 5) is 53.0. The molecule has 3 saturated heterocycles. The molecule has 3 aliphatic heterocycles. The minimum atomic E-state index is -1.41. The van der Waals surface area contributed by atoms with Crippen molar-refractivity contribution in [1.29, 1.82) is 0 Å². The molecule has 1 aromatic rings. The first-order chi connectivity index (χ1) is 17.8. The van der Waals surface area contributed by atoms with Gasteiger partial charge in [0, 0.05) is 11.6 Å². The van der Waals surface area contributed by atoms with Crippen LogP contribution in [0.4, 0.5) is 0 Å². The predicted octanol–water partition coefficient (Wildman–Crippen LogP) is 0.495. The van der Waals surface area contributed by atoms with Crippen LogP contribution in [0.3, 0.4) is 0 Å². The van der Waals surface area contributed by atoms with Crippen LogP contribution in [0.1, 0.15) is 55.3 Å². The van der Waals surface area contributed by atoms with Crippen LogP contribution in [0.15, 0.2) is 12.1 Å². The fourth-order valence-corrected chi connectivity index (χ4v) is 5.32. The van der Waals surface area contributed by atoms with Gasteiger partial charge in [-0.2, -0.15) is 0 Å². The second-order valence-corrected chi connectivity index (χ2v) is 9.42. The van der Waals surface area contributed by atoms with Crippen LogP contribution in [0.25, 0.3) is 0 Å². The topological polar surface area (TPSA) is 153 Å². The molecule has 12 heteroatoms. The van der Waals surface area contributed by atoms with Gasteiger partial charge in [0.2, 0.25) is 23.9 Å². The quantitative estimate of drug-likeness (QED) is 0.437. The third-order valence-corrected chi connectivity index (χ3v) is 7.18. The van der Waals surface area contributed by atoms with E-state index in [-0.39, 0.29) is 23.9 Å². The maximum atomic E-state index is 13.7. The second kappa shape index (κ2) is 11.2. The number of methoxy groups -OCH3 is 3. The number of amides is 3. The number of fused-ring (bicyclic) bond motifs is 1. The molecule has 0 spiro atoms. The van der Waals surface area contributed by atoms with Crippen molar-refractivity contribution in [2.45, 2.75) is 75.4 Å². The molecule has 4 rings (SSSR count). The second-order valence-electron chi connectivity index (χ2n) is 9.42. The van der Waals surface area contributed by atoms with Crippen molar-refractivity contribution >= 4 is 23.7 Å². The van der Waals surface area contributed by atoms with E-state index in [1.165, 1.54) is 33.5 Å². The Morgan fingerprint density at radius 2 is 1.65 bits per heavy atom. The van der Waals surface area contributed by atoms with E-state index >= 15 is 0 Å². The van der Waals surface area contributed by atoms with Gasteiger partial charge in [0.15, 0.2) is 11.5 Å². The Morgan fingerprint density at radius 3 is 2.24 bits per heavy atom. The summed E-state index contributed by atoms with van der Waals surface area (Å²) in [5.74, 6) is -0.904. The zero-order chi connectivity index (χ0) is 26.7. The SMILES string of the molecule is COc1cc(C(=O)N[C@H]2CCCC[C@H]3CC[C@@H](C(=O)NC4CC(=O)OC4O)N3C2=O)cc(OC)c1OC. The van der Waals surface area contributed by atoms with Gasteiger partial charge >= 0.3 is 5.97 Å². The Hall–Kier alpha value is -3.54. The summed E-state index contributed by atoms with van der Waals surface area (Å²) in [6.45, 7) is 0. The zero-order valence-electron chi connectivity index (χ0n) is 21.2. The smallest absolute Gasteiger partial charge is 0.310 e. The zero-order valence-corrected chi connectivity index (χ0v) is 21.2. The summed E-state index contributed by atoms with van der Waals surface area (Å²) in [5, 5.41) is 15.3. The molecule has 37 heavy (non-hydrogen) atoms. The molecule has 0 aliphatic carbocycles. The number of ether oxygens (including phenoxy) is 4. The van der Waals surface area contributed by atoms with Gasteiger partial charge < -0.3 is 39.6 Å². The van der Waals surface area contributed by atoms with Crippen molar-refractivity contribution in [3.8, 4) is 17.2 Å². The minimum Gasteiger partial charge on any atom is -0.493 e. The first-order valence-electron chi connectivity index (χ1n) is 12.4. The molecule has 12 nitrogen and oxygen atoms in total. The lowest BCUT2D eigenvalue weighted by atomic mass is 9.98. The molecule has 1 aromatic carbocycles. The summed E-state index contributed by atoms with van der Waals surface area (Å²) < 4.78 is 20.7. The van der Waals surface area contributed by atoms with Crippen LogP contribution < -0.4 is 24.8 Å². The Balaban J connectivity index is 1.52. The number of hydrogen-bond acceptors (Lipinski definition) is 9. The van der Waals surface area contributed by atoms with E-state index in [1.54, 1.807) is 4.90 Å². The highest BCUT2D eigenvalue weighted by Crippen LogP contribution is 2.38. The van der Waals surface area contributed by atoms with Crippen molar-refractivity contribution in [1.82, 2.24) is 15.5 Å². The Morgan fingerprint density at radius 1 is 0.973 bits per heavy atom. The van der Waals surface area contributed by atoms with Gasteiger partial charge in [-0.1, -0.05) is 12.8 Å². The van der Waals surface area contributed by atoms with Crippen LogP contribution in [0.2, 0.25) is 0 Å². The van der Waals surface area contributed by atoms with Crippen LogP contribution in [0.5, 0.6) is 17.2 Å². The van der Waals surface area contributed by atoms with Gasteiger partial charge in [0.25, 0.3) is 5.91 Å². The molecule has 2 unspecified atom stereocenters. The van der Waals surface area contributed by atoms with Crippen LogP contribution in [-0.2, 0) is 19.1 Å². The summed E-state index contributed by atoms with van der Waals surface area (Å²) in [6, 6.07) is 0.434. The molecule has 3 aliphatic rings. The van der Waals surface area contributed by atoms with Gasteiger partial charge in [0.05, 0.1) is 27.8 Å². The summed E-state index contributed by atoms with van der Waals surface area (Å²) in [6.07, 6.45) is 2.34. The number of hydrogen-bond donors (Lipinski definition) is 3. The molecule has 0 radical (unpaired) electrons. The summed E-state index contributed by atoms with van der Waals surface area (Å²) in [7, 11) is 4.36.